The van der Waals surface area contributed by atoms with Crippen LogP contribution in [0.1, 0.15) is 54.6 Å². The summed E-state index contributed by atoms with van der Waals surface area (Å²) in [6.45, 7) is 9.52. The third-order valence-electron chi connectivity index (χ3n) is 6.65. The average molecular weight is 573 g/mol. The number of amides is 1. The number of hydrogen-bond acceptors (Lipinski definition) is 7. The minimum absolute atomic E-state index is 0.0264. The molecular weight excluding hydrogens is 528 g/mol. The van der Waals surface area contributed by atoms with Gasteiger partial charge >= 0.3 is 0 Å². The number of nitrogens with zero attached hydrogens (tertiary/aromatic N) is 1. The Bertz CT molecular complexity index is 1170. The lowest BCUT2D eigenvalue weighted by Gasteiger charge is -2.35. The van der Waals surface area contributed by atoms with Gasteiger partial charge in [0.2, 0.25) is 6.41 Å². The summed E-state index contributed by atoms with van der Waals surface area (Å²) in [4.78, 5) is 23.7. The minimum atomic E-state index is -3.48. The molecule has 0 fully saturated rings. The molecule has 0 bridgehead atoms. The fraction of sp³-hybridized carbons (Fsp3) is 0.484. The van der Waals surface area contributed by atoms with Crippen LogP contribution in [-0.4, -0.2) is 76.8 Å². The van der Waals surface area contributed by atoms with Crippen molar-refractivity contribution in [3.63, 3.8) is 0 Å². The van der Waals surface area contributed by atoms with Crippen molar-refractivity contribution in [1.82, 2.24) is 4.90 Å². The van der Waals surface area contributed by atoms with Crippen LogP contribution in [-0.2, 0) is 30.5 Å². The molecule has 2 aromatic rings. The maximum Gasteiger partial charge on any atom is 0.204 e. The number of ether oxygens (including phenoxy) is 2. The fourth-order valence-corrected chi connectivity index (χ4v) is 4.98. The Balaban J connectivity index is 0.00000254. The topological polar surface area (TPSA) is 116 Å². The Morgan fingerprint density at radius 2 is 1.68 bits per heavy atom. The summed E-state index contributed by atoms with van der Waals surface area (Å²) in [5.41, 5.74) is 6.79. The van der Waals surface area contributed by atoms with Gasteiger partial charge in [-0.15, -0.1) is 6.42 Å². The summed E-state index contributed by atoms with van der Waals surface area (Å²) in [6, 6.07) is 14.0. The van der Waals surface area contributed by atoms with E-state index >= 15 is 0 Å². The second-order valence-corrected chi connectivity index (χ2v) is 12.2. The molecule has 0 aliphatic heterocycles. The van der Waals surface area contributed by atoms with Crippen LogP contribution in [0.25, 0.3) is 0 Å². The standard InChI is InChI=1S/C30H41NO5S.CH3NO/c1-6-20-35-23-18-30(3,4)31(5)19-7-21-36-22-16-26-10-12-27(13-11-26)29(32)17-24-37(33,34)28-14-8-25(2)9-15-28;2-1-3/h1,8-15H,7,16-24H2,2-5H3;1H,(H2,2,3). The number of rotatable bonds is 17. The number of aryl methyl sites for hydroxylation is 1. The maximum atomic E-state index is 12.5. The Morgan fingerprint density at radius 3 is 2.27 bits per heavy atom. The van der Waals surface area contributed by atoms with E-state index in [1.165, 1.54) is 0 Å². The van der Waals surface area contributed by atoms with E-state index < -0.39 is 9.84 Å². The predicted octanol–water partition coefficient (Wildman–Crippen LogP) is 3.84. The first-order chi connectivity index (χ1) is 19.0. The number of primary amides is 1. The van der Waals surface area contributed by atoms with Gasteiger partial charge in [0.25, 0.3) is 0 Å². The Morgan fingerprint density at radius 1 is 1.05 bits per heavy atom. The molecule has 0 aromatic heterocycles. The zero-order valence-corrected chi connectivity index (χ0v) is 25.0. The van der Waals surface area contributed by atoms with Gasteiger partial charge in [0, 0.05) is 37.3 Å². The number of sulfone groups is 1. The van der Waals surface area contributed by atoms with Crippen molar-refractivity contribution in [3.05, 3.63) is 65.2 Å². The zero-order chi connectivity index (χ0) is 30.0. The lowest BCUT2D eigenvalue weighted by Crippen LogP contribution is -2.42. The van der Waals surface area contributed by atoms with E-state index in [2.05, 4.69) is 37.4 Å². The summed E-state index contributed by atoms with van der Waals surface area (Å²) >= 11 is 0. The number of hydrogen-bond donors (Lipinski definition) is 1. The molecule has 0 heterocycles. The Labute approximate surface area is 240 Å². The quantitative estimate of drug-likeness (QED) is 0.133. The van der Waals surface area contributed by atoms with Gasteiger partial charge in [-0.25, -0.2) is 8.42 Å². The molecule has 0 saturated carbocycles. The van der Waals surface area contributed by atoms with Crippen LogP contribution < -0.4 is 5.73 Å². The molecule has 40 heavy (non-hydrogen) atoms. The lowest BCUT2D eigenvalue weighted by molar-refractivity contribution is -0.106. The SMILES string of the molecule is C#CCOCCC(C)(C)N(C)CCCOCCc1ccc(C(=O)CCS(=O)(=O)c2ccc(C)cc2)cc1.NC=O. The van der Waals surface area contributed by atoms with Crippen molar-refractivity contribution in [2.24, 2.45) is 5.73 Å². The summed E-state index contributed by atoms with van der Waals surface area (Å²) < 4.78 is 36.2. The van der Waals surface area contributed by atoms with Crippen molar-refractivity contribution in [2.75, 3.05) is 45.8 Å². The van der Waals surface area contributed by atoms with Crippen LogP contribution in [0.3, 0.4) is 0 Å². The highest BCUT2D eigenvalue weighted by Crippen LogP contribution is 2.18. The van der Waals surface area contributed by atoms with E-state index in [1.807, 2.05) is 19.1 Å². The minimum Gasteiger partial charge on any atom is -0.381 e. The van der Waals surface area contributed by atoms with Crippen molar-refractivity contribution in [2.45, 2.75) is 56.9 Å². The van der Waals surface area contributed by atoms with Gasteiger partial charge in [-0.3, -0.25) is 9.59 Å². The van der Waals surface area contributed by atoms with Crippen LogP contribution in [0, 0.1) is 19.3 Å². The van der Waals surface area contributed by atoms with E-state index in [9.17, 15) is 13.2 Å². The Hall–Kier alpha value is -3.03. The molecule has 0 radical (unpaired) electrons. The Kier molecular flexibility index (Phi) is 16.0. The molecule has 8 nitrogen and oxygen atoms in total. The lowest BCUT2D eigenvalue weighted by atomic mass is 9.99. The van der Waals surface area contributed by atoms with Gasteiger partial charge in [0.15, 0.2) is 15.6 Å². The molecule has 9 heteroatoms. The van der Waals surface area contributed by atoms with Gasteiger partial charge in [-0.05, 0) is 64.8 Å². The number of Topliss-reactive ketones (excluding diaryl/α,β-unsaturated/α-hetero) is 1. The highest BCUT2D eigenvalue weighted by atomic mass is 32.2. The molecule has 2 N–H and O–H groups in total. The van der Waals surface area contributed by atoms with Gasteiger partial charge in [0.1, 0.15) is 6.61 Å². The third-order valence-corrected chi connectivity index (χ3v) is 8.38. The highest BCUT2D eigenvalue weighted by molar-refractivity contribution is 7.91. The molecule has 2 rings (SSSR count). The van der Waals surface area contributed by atoms with E-state index in [0.29, 0.717) is 32.0 Å². The number of benzene rings is 2. The van der Waals surface area contributed by atoms with Crippen molar-refractivity contribution < 1.29 is 27.5 Å². The van der Waals surface area contributed by atoms with Gasteiger partial charge < -0.3 is 20.1 Å². The first-order valence-corrected chi connectivity index (χ1v) is 15.0. The summed E-state index contributed by atoms with van der Waals surface area (Å²) in [6.07, 6.45) is 8.02. The van der Waals surface area contributed by atoms with Gasteiger partial charge in [-0.1, -0.05) is 47.9 Å². The van der Waals surface area contributed by atoms with Crippen molar-refractivity contribution in [1.29, 1.82) is 0 Å². The summed E-state index contributed by atoms with van der Waals surface area (Å²) in [7, 11) is -1.37. The maximum absolute atomic E-state index is 12.5. The smallest absolute Gasteiger partial charge is 0.204 e. The third kappa shape index (κ3) is 13.4. The van der Waals surface area contributed by atoms with Crippen molar-refractivity contribution in [3.8, 4) is 12.3 Å². The largest absolute Gasteiger partial charge is 0.381 e. The zero-order valence-electron chi connectivity index (χ0n) is 24.2. The molecule has 0 atom stereocenters. The van der Waals surface area contributed by atoms with E-state index in [-0.39, 0.29) is 34.8 Å². The van der Waals surface area contributed by atoms with E-state index in [0.717, 1.165) is 36.9 Å². The number of nitrogens with two attached hydrogens (primary N) is 1. The highest BCUT2D eigenvalue weighted by Gasteiger charge is 2.22. The number of ketones is 1. The molecule has 0 aliphatic rings. The molecule has 0 unspecified atom stereocenters. The predicted molar refractivity (Wildman–Crippen MR) is 159 cm³/mol. The average Bonchev–Trinajstić information content (AvgIpc) is 2.92. The first-order valence-electron chi connectivity index (χ1n) is 13.3. The molecule has 1 amide bonds. The van der Waals surface area contributed by atoms with E-state index in [1.54, 1.807) is 36.4 Å². The van der Waals surface area contributed by atoms with Gasteiger partial charge in [-0.2, -0.15) is 0 Å². The summed E-state index contributed by atoms with van der Waals surface area (Å²) in [5, 5.41) is 0. The number of carbonyl (C=O) groups excluding carboxylic acids is 2. The van der Waals surface area contributed by atoms with Crippen LogP contribution in [0.4, 0.5) is 0 Å². The molecule has 0 spiro atoms. The normalized spacial score (nSPS) is 11.4. The number of carbonyl (C=O) groups is 2. The van der Waals surface area contributed by atoms with Crippen LogP contribution in [0.2, 0.25) is 0 Å². The van der Waals surface area contributed by atoms with E-state index in [4.69, 9.17) is 20.7 Å². The second kappa shape index (κ2) is 18.3. The molecule has 0 aliphatic carbocycles. The number of terminal acetylenes is 1. The fourth-order valence-electron chi connectivity index (χ4n) is 3.73. The van der Waals surface area contributed by atoms with Crippen LogP contribution in [0.15, 0.2) is 53.4 Å². The van der Waals surface area contributed by atoms with Gasteiger partial charge in [0.05, 0.1) is 17.3 Å². The van der Waals surface area contributed by atoms with Crippen LogP contribution in [0.5, 0.6) is 0 Å². The second-order valence-electron chi connectivity index (χ2n) is 10.1. The molecular formula is C31H44N2O6S. The first kappa shape index (κ1) is 35.0. The van der Waals surface area contributed by atoms with Crippen LogP contribution >= 0.6 is 0 Å². The van der Waals surface area contributed by atoms with Crippen molar-refractivity contribution >= 4 is 22.0 Å². The molecule has 220 valence electrons. The molecule has 0 saturated heterocycles. The monoisotopic (exact) mass is 572 g/mol. The summed E-state index contributed by atoms with van der Waals surface area (Å²) in [5.74, 6) is 2.11. The molecule has 2 aromatic carbocycles.